The Morgan fingerprint density at radius 2 is 2.00 bits per heavy atom. The van der Waals surface area contributed by atoms with Gasteiger partial charge in [-0.25, -0.2) is 4.79 Å². The van der Waals surface area contributed by atoms with E-state index >= 15 is 0 Å². The molecule has 1 saturated heterocycles. The number of piperidine rings is 1. The number of hydrogen-bond acceptors (Lipinski definition) is 4. The van der Waals surface area contributed by atoms with Crippen LogP contribution in [0.25, 0.3) is 0 Å². The van der Waals surface area contributed by atoms with Crippen molar-refractivity contribution in [1.29, 1.82) is 0 Å². The van der Waals surface area contributed by atoms with Crippen LogP contribution in [0.15, 0.2) is 0 Å². The van der Waals surface area contributed by atoms with Gasteiger partial charge in [-0.2, -0.15) is 0 Å². The predicted molar refractivity (Wildman–Crippen MR) is 68.3 cm³/mol. The third kappa shape index (κ3) is 3.96. The largest absolute Gasteiger partial charge is 0.480 e. The summed E-state index contributed by atoms with van der Waals surface area (Å²) in [6.45, 7) is 2.72. The quantitative estimate of drug-likeness (QED) is 0.647. The van der Waals surface area contributed by atoms with Gasteiger partial charge < -0.3 is 14.9 Å². The molecule has 1 heterocycles. The summed E-state index contributed by atoms with van der Waals surface area (Å²) < 4.78 is 0. The SMILES string of the molecule is CNC(C(=O)O)C(=O)N(C)CC1CCN(C)CC1. The van der Waals surface area contributed by atoms with Crippen LogP contribution >= 0.6 is 0 Å². The number of likely N-dealkylation sites (tertiary alicyclic amines) is 1. The average Bonchev–Trinajstić information content (AvgIpc) is 2.32. The molecule has 1 amide bonds. The first-order valence-corrected chi connectivity index (χ1v) is 6.29. The van der Waals surface area contributed by atoms with E-state index in [0.29, 0.717) is 12.5 Å². The van der Waals surface area contributed by atoms with Crippen molar-refractivity contribution in [2.75, 3.05) is 40.8 Å². The van der Waals surface area contributed by atoms with Crippen LogP contribution < -0.4 is 5.32 Å². The molecule has 18 heavy (non-hydrogen) atoms. The van der Waals surface area contributed by atoms with Gasteiger partial charge >= 0.3 is 5.97 Å². The first-order valence-electron chi connectivity index (χ1n) is 6.29. The number of carboxylic acids is 1. The summed E-state index contributed by atoms with van der Waals surface area (Å²) >= 11 is 0. The fourth-order valence-corrected chi connectivity index (χ4v) is 2.29. The summed E-state index contributed by atoms with van der Waals surface area (Å²) in [5.41, 5.74) is 0. The molecule has 6 nitrogen and oxygen atoms in total. The summed E-state index contributed by atoms with van der Waals surface area (Å²) in [6, 6.07) is -1.14. The van der Waals surface area contributed by atoms with Gasteiger partial charge in [0.25, 0.3) is 5.91 Å². The number of amides is 1. The highest BCUT2D eigenvalue weighted by Crippen LogP contribution is 2.17. The molecule has 0 radical (unpaired) electrons. The van der Waals surface area contributed by atoms with E-state index < -0.39 is 12.0 Å². The number of rotatable bonds is 5. The van der Waals surface area contributed by atoms with Crippen molar-refractivity contribution in [3.63, 3.8) is 0 Å². The number of nitrogens with one attached hydrogen (secondary N) is 1. The van der Waals surface area contributed by atoms with Crippen LogP contribution in [0.4, 0.5) is 0 Å². The highest BCUT2D eigenvalue weighted by molar-refractivity contribution is 6.01. The monoisotopic (exact) mass is 257 g/mol. The van der Waals surface area contributed by atoms with Gasteiger partial charge in [0.05, 0.1) is 0 Å². The number of likely N-dealkylation sites (N-methyl/N-ethyl adjacent to an activating group) is 2. The molecule has 1 fully saturated rings. The second-order valence-corrected chi connectivity index (χ2v) is 5.03. The molecule has 1 aliphatic rings. The van der Waals surface area contributed by atoms with E-state index in [-0.39, 0.29) is 5.91 Å². The molecular weight excluding hydrogens is 234 g/mol. The molecule has 6 heteroatoms. The van der Waals surface area contributed by atoms with Crippen molar-refractivity contribution in [2.24, 2.45) is 5.92 Å². The Morgan fingerprint density at radius 1 is 1.44 bits per heavy atom. The average molecular weight is 257 g/mol. The van der Waals surface area contributed by atoms with Crippen LogP contribution in [0.5, 0.6) is 0 Å². The molecule has 1 aliphatic heterocycles. The number of carbonyl (C=O) groups excluding carboxylic acids is 1. The third-order valence-electron chi connectivity index (χ3n) is 3.53. The number of hydrogen-bond donors (Lipinski definition) is 2. The van der Waals surface area contributed by atoms with Gasteiger partial charge in [0.15, 0.2) is 6.04 Å². The fourth-order valence-electron chi connectivity index (χ4n) is 2.29. The van der Waals surface area contributed by atoms with Crippen molar-refractivity contribution in [3.05, 3.63) is 0 Å². The van der Waals surface area contributed by atoms with Crippen LogP contribution in [0.2, 0.25) is 0 Å². The lowest BCUT2D eigenvalue weighted by Crippen LogP contribution is -2.50. The first-order chi connectivity index (χ1) is 8.45. The van der Waals surface area contributed by atoms with Crippen molar-refractivity contribution in [1.82, 2.24) is 15.1 Å². The topological polar surface area (TPSA) is 72.9 Å². The molecule has 1 rings (SSSR count). The van der Waals surface area contributed by atoms with E-state index in [1.807, 2.05) is 0 Å². The van der Waals surface area contributed by atoms with Gasteiger partial charge in [-0.15, -0.1) is 0 Å². The highest BCUT2D eigenvalue weighted by atomic mass is 16.4. The predicted octanol–water partition coefficient (Wildman–Crippen LogP) is -0.541. The summed E-state index contributed by atoms with van der Waals surface area (Å²) in [5, 5.41) is 11.4. The second-order valence-electron chi connectivity index (χ2n) is 5.03. The van der Waals surface area contributed by atoms with Gasteiger partial charge in [-0.3, -0.25) is 10.1 Å². The molecule has 0 bridgehead atoms. The van der Waals surface area contributed by atoms with Crippen LogP contribution in [0.1, 0.15) is 12.8 Å². The van der Waals surface area contributed by atoms with Gasteiger partial charge in [0, 0.05) is 13.6 Å². The zero-order valence-electron chi connectivity index (χ0n) is 11.3. The number of aliphatic carboxylic acids is 1. The molecule has 0 aliphatic carbocycles. The first kappa shape index (κ1) is 14.9. The Balaban J connectivity index is 2.46. The van der Waals surface area contributed by atoms with Gasteiger partial charge in [-0.05, 0) is 45.9 Å². The summed E-state index contributed by atoms with van der Waals surface area (Å²) in [5.74, 6) is -1.02. The Bertz CT molecular complexity index is 301. The van der Waals surface area contributed by atoms with Gasteiger partial charge in [0.2, 0.25) is 0 Å². The zero-order valence-corrected chi connectivity index (χ0v) is 11.3. The van der Waals surface area contributed by atoms with Crippen LogP contribution in [-0.2, 0) is 9.59 Å². The standard InChI is InChI=1S/C12H23N3O3/c1-13-10(12(17)18)11(16)15(3)8-9-4-6-14(2)7-5-9/h9-10,13H,4-8H2,1-3H3,(H,17,18). The van der Waals surface area contributed by atoms with E-state index in [9.17, 15) is 9.59 Å². The van der Waals surface area contributed by atoms with Crippen LogP contribution in [-0.4, -0.2) is 73.6 Å². The molecule has 1 unspecified atom stereocenters. The molecule has 0 aromatic carbocycles. The lowest BCUT2D eigenvalue weighted by Gasteiger charge is -2.32. The van der Waals surface area contributed by atoms with Crippen molar-refractivity contribution in [2.45, 2.75) is 18.9 Å². The third-order valence-corrected chi connectivity index (χ3v) is 3.53. The van der Waals surface area contributed by atoms with E-state index in [1.165, 1.54) is 11.9 Å². The molecule has 0 spiro atoms. The Labute approximate surface area is 108 Å². The van der Waals surface area contributed by atoms with Crippen molar-refractivity contribution < 1.29 is 14.7 Å². The van der Waals surface area contributed by atoms with E-state index in [0.717, 1.165) is 25.9 Å². The molecule has 104 valence electrons. The zero-order chi connectivity index (χ0) is 13.7. The Kier molecular flexibility index (Phi) is 5.55. The highest BCUT2D eigenvalue weighted by Gasteiger charge is 2.29. The fraction of sp³-hybridized carbons (Fsp3) is 0.833. The minimum absolute atomic E-state index is 0.371. The Morgan fingerprint density at radius 3 is 2.44 bits per heavy atom. The summed E-state index contributed by atoms with van der Waals surface area (Å²) in [4.78, 5) is 26.6. The van der Waals surface area contributed by atoms with Crippen molar-refractivity contribution in [3.8, 4) is 0 Å². The maximum atomic E-state index is 11.9. The molecule has 2 N–H and O–H groups in total. The minimum atomic E-state index is -1.14. The minimum Gasteiger partial charge on any atom is -0.480 e. The summed E-state index contributed by atoms with van der Waals surface area (Å²) in [6.07, 6.45) is 2.12. The van der Waals surface area contributed by atoms with Crippen LogP contribution in [0, 0.1) is 5.92 Å². The van der Waals surface area contributed by atoms with E-state index in [4.69, 9.17) is 5.11 Å². The van der Waals surface area contributed by atoms with Gasteiger partial charge in [-0.1, -0.05) is 0 Å². The second kappa shape index (κ2) is 6.70. The molecule has 0 saturated carbocycles. The van der Waals surface area contributed by atoms with E-state index in [1.54, 1.807) is 7.05 Å². The van der Waals surface area contributed by atoms with Crippen molar-refractivity contribution >= 4 is 11.9 Å². The van der Waals surface area contributed by atoms with Crippen LogP contribution in [0.3, 0.4) is 0 Å². The normalized spacial score (nSPS) is 19.5. The molecule has 1 atom stereocenters. The molecule has 0 aromatic heterocycles. The number of carbonyl (C=O) groups is 2. The molecule has 0 aromatic rings. The number of nitrogens with zero attached hydrogens (tertiary/aromatic N) is 2. The lowest BCUT2D eigenvalue weighted by molar-refractivity contribution is -0.147. The molecular formula is C12H23N3O3. The van der Waals surface area contributed by atoms with Gasteiger partial charge in [0.1, 0.15) is 0 Å². The maximum Gasteiger partial charge on any atom is 0.330 e. The number of carboxylic acid groups (broad SMARTS) is 1. The Hall–Kier alpha value is -1.14. The summed E-state index contributed by atoms with van der Waals surface area (Å²) in [7, 11) is 5.25. The lowest BCUT2D eigenvalue weighted by atomic mass is 9.96. The van der Waals surface area contributed by atoms with E-state index in [2.05, 4.69) is 17.3 Å². The maximum absolute atomic E-state index is 11.9. The smallest absolute Gasteiger partial charge is 0.330 e.